The van der Waals surface area contributed by atoms with E-state index >= 15 is 0 Å². The average Bonchev–Trinajstić information content (AvgIpc) is 2.47. The molecular weight excluding hydrogens is 283 g/mol. The Labute approximate surface area is 119 Å². The van der Waals surface area contributed by atoms with Crippen molar-refractivity contribution in [3.8, 4) is 11.5 Å². The molecule has 2 N–H and O–H groups in total. The summed E-state index contributed by atoms with van der Waals surface area (Å²) < 4.78 is 43.3. The van der Waals surface area contributed by atoms with Crippen LogP contribution in [0.5, 0.6) is 11.5 Å². The molecule has 2 aromatic carbocycles. The molecule has 0 saturated heterocycles. The van der Waals surface area contributed by atoms with Gasteiger partial charge in [-0.05, 0) is 36.4 Å². The molecule has 0 aliphatic heterocycles. The largest absolute Gasteiger partial charge is 0.457 e. The van der Waals surface area contributed by atoms with Crippen molar-refractivity contribution >= 4 is 6.29 Å². The zero-order valence-corrected chi connectivity index (χ0v) is 10.9. The highest BCUT2D eigenvalue weighted by atomic mass is 19.4. The van der Waals surface area contributed by atoms with Crippen molar-refractivity contribution < 1.29 is 22.7 Å². The molecule has 0 heterocycles. The number of aldehydes is 1. The molecule has 0 spiro atoms. The zero-order chi connectivity index (χ0) is 15.5. The lowest BCUT2D eigenvalue weighted by Crippen LogP contribution is -2.05. The molecule has 0 atom stereocenters. The molecule has 0 aromatic heterocycles. The van der Waals surface area contributed by atoms with Gasteiger partial charge in [0.05, 0.1) is 5.56 Å². The first-order valence-electron chi connectivity index (χ1n) is 6.07. The summed E-state index contributed by atoms with van der Waals surface area (Å²) in [6.45, 7) is 0.107. The van der Waals surface area contributed by atoms with Crippen molar-refractivity contribution in [2.45, 2.75) is 12.7 Å². The maximum Gasteiger partial charge on any atom is 0.416 e. The predicted octanol–water partition coefficient (Wildman–Crippen LogP) is 3.77. The molecule has 0 amide bonds. The molecule has 0 saturated carbocycles. The van der Waals surface area contributed by atoms with Gasteiger partial charge in [0, 0.05) is 17.7 Å². The van der Waals surface area contributed by atoms with Crippen molar-refractivity contribution in [3.05, 3.63) is 59.2 Å². The second-order valence-corrected chi connectivity index (χ2v) is 4.32. The van der Waals surface area contributed by atoms with Crippen LogP contribution in [0.2, 0.25) is 0 Å². The van der Waals surface area contributed by atoms with Crippen molar-refractivity contribution in [1.82, 2.24) is 0 Å². The number of ether oxygens (including phenoxy) is 1. The lowest BCUT2D eigenvalue weighted by Gasteiger charge is -2.12. The van der Waals surface area contributed by atoms with E-state index in [2.05, 4.69) is 0 Å². The van der Waals surface area contributed by atoms with E-state index in [0.29, 0.717) is 23.2 Å². The van der Waals surface area contributed by atoms with Gasteiger partial charge in [-0.2, -0.15) is 13.2 Å². The minimum absolute atomic E-state index is 0.0541. The third-order valence-corrected chi connectivity index (χ3v) is 2.83. The standard InChI is InChI=1S/C15H12F3NO2/c16-15(17,18)12-2-1-3-13(7-12)21-14-5-4-10(9-20)6-11(14)8-19/h1-7,9H,8,19H2. The Morgan fingerprint density at radius 2 is 1.90 bits per heavy atom. The van der Waals surface area contributed by atoms with Gasteiger partial charge in [0.25, 0.3) is 0 Å². The number of rotatable bonds is 4. The SMILES string of the molecule is NCc1cc(C=O)ccc1Oc1cccc(C(F)(F)F)c1. The number of benzene rings is 2. The molecule has 3 nitrogen and oxygen atoms in total. The highest BCUT2D eigenvalue weighted by molar-refractivity contribution is 5.75. The van der Waals surface area contributed by atoms with Gasteiger partial charge in [0.1, 0.15) is 17.8 Å². The lowest BCUT2D eigenvalue weighted by atomic mass is 10.1. The van der Waals surface area contributed by atoms with E-state index in [9.17, 15) is 18.0 Å². The van der Waals surface area contributed by atoms with Crippen LogP contribution in [0, 0.1) is 0 Å². The highest BCUT2D eigenvalue weighted by Crippen LogP contribution is 2.33. The van der Waals surface area contributed by atoms with Crippen LogP contribution in [0.3, 0.4) is 0 Å². The van der Waals surface area contributed by atoms with E-state index in [1.54, 1.807) is 0 Å². The molecule has 21 heavy (non-hydrogen) atoms. The first-order valence-corrected chi connectivity index (χ1v) is 6.07. The van der Waals surface area contributed by atoms with Crippen molar-refractivity contribution in [2.24, 2.45) is 5.73 Å². The molecule has 110 valence electrons. The molecule has 0 aliphatic rings. The molecule has 2 rings (SSSR count). The third-order valence-electron chi connectivity index (χ3n) is 2.83. The van der Waals surface area contributed by atoms with E-state index in [1.807, 2.05) is 0 Å². The summed E-state index contributed by atoms with van der Waals surface area (Å²) in [5, 5.41) is 0. The monoisotopic (exact) mass is 295 g/mol. The summed E-state index contributed by atoms with van der Waals surface area (Å²) in [7, 11) is 0. The van der Waals surface area contributed by atoms with E-state index < -0.39 is 11.7 Å². The van der Waals surface area contributed by atoms with E-state index in [1.165, 1.54) is 30.3 Å². The molecule has 0 fully saturated rings. The van der Waals surface area contributed by atoms with Crippen LogP contribution in [0.1, 0.15) is 21.5 Å². The van der Waals surface area contributed by atoms with Crippen LogP contribution in [0.25, 0.3) is 0 Å². The smallest absolute Gasteiger partial charge is 0.416 e. The zero-order valence-electron chi connectivity index (χ0n) is 10.9. The van der Waals surface area contributed by atoms with Gasteiger partial charge in [-0.15, -0.1) is 0 Å². The van der Waals surface area contributed by atoms with Gasteiger partial charge >= 0.3 is 6.18 Å². The van der Waals surface area contributed by atoms with E-state index in [0.717, 1.165) is 12.1 Å². The first kappa shape index (κ1) is 15.1. The number of hydrogen-bond acceptors (Lipinski definition) is 3. The second-order valence-electron chi connectivity index (χ2n) is 4.32. The number of carbonyl (C=O) groups excluding carboxylic acids is 1. The molecule has 0 unspecified atom stereocenters. The Balaban J connectivity index is 2.32. The molecule has 0 bridgehead atoms. The summed E-state index contributed by atoms with van der Waals surface area (Å²) in [5.74, 6) is 0.376. The van der Waals surface area contributed by atoms with Crippen LogP contribution in [0.4, 0.5) is 13.2 Å². The van der Waals surface area contributed by atoms with Crippen LogP contribution < -0.4 is 10.5 Å². The normalized spacial score (nSPS) is 11.2. The molecule has 0 aliphatic carbocycles. The summed E-state index contributed by atoms with van der Waals surface area (Å²) in [5.41, 5.74) is 5.72. The lowest BCUT2D eigenvalue weighted by molar-refractivity contribution is -0.137. The fourth-order valence-electron chi connectivity index (χ4n) is 1.79. The highest BCUT2D eigenvalue weighted by Gasteiger charge is 2.30. The second kappa shape index (κ2) is 5.97. The van der Waals surface area contributed by atoms with Gasteiger partial charge in [-0.1, -0.05) is 6.07 Å². The van der Waals surface area contributed by atoms with E-state index in [4.69, 9.17) is 10.5 Å². The number of alkyl halides is 3. The van der Waals surface area contributed by atoms with Crippen molar-refractivity contribution in [3.63, 3.8) is 0 Å². The Hall–Kier alpha value is -2.34. The number of hydrogen-bond donors (Lipinski definition) is 1. The molecule has 0 radical (unpaired) electrons. The van der Waals surface area contributed by atoms with Gasteiger partial charge in [0.2, 0.25) is 0 Å². The molecule has 6 heteroatoms. The van der Waals surface area contributed by atoms with Gasteiger partial charge in [-0.3, -0.25) is 4.79 Å². The predicted molar refractivity (Wildman–Crippen MR) is 71.2 cm³/mol. The Bertz CT molecular complexity index is 654. The van der Waals surface area contributed by atoms with Gasteiger partial charge < -0.3 is 10.5 Å². The van der Waals surface area contributed by atoms with E-state index in [-0.39, 0.29) is 12.3 Å². The Kier molecular flexibility index (Phi) is 4.28. The van der Waals surface area contributed by atoms with Crippen LogP contribution >= 0.6 is 0 Å². The minimum atomic E-state index is -4.43. The first-order chi connectivity index (χ1) is 9.94. The average molecular weight is 295 g/mol. The summed E-state index contributed by atoms with van der Waals surface area (Å²) in [6, 6.07) is 9.11. The Morgan fingerprint density at radius 3 is 2.52 bits per heavy atom. The molecular formula is C15H12F3NO2. The summed E-state index contributed by atoms with van der Waals surface area (Å²) >= 11 is 0. The maximum absolute atomic E-state index is 12.6. The topological polar surface area (TPSA) is 52.3 Å². The minimum Gasteiger partial charge on any atom is -0.457 e. The van der Waals surface area contributed by atoms with Gasteiger partial charge in [0.15, 0.2) is 0 Å². The fraction of sp³-hybridized carbons (Fsp3) is 0.133. The maximum atomic E-state index is 12.6. The van der Waals surface area contributed by atoms with Crippen molar-refractivity contribution in [2.75, 3.05) is 0 Å². The Morgan fingerprint density at radius 1 is 1.14 bits per heavy atom. The molecule has 2 aromatic rings. The number of halogens is 3. The third kappa shape index (κ3) is 3.61. The summed E-state index contributed by atoms with van der Waals surface area (Å²) in [6.07, 6.45) is -3.77. The number of carbonyl (C=O) groups is 1. The number of nitrogens with two attached hydrogens (primary N) is 1. The van der Waals surface area contributed by atoms with Crippen LogP contribution in [-0.4, -0.2) is 6.29 Å². The summed E-state index contributed by atoms with van der Waals surface area (Å²) in [4.78, 5) is 10.7. The quantitative estimate of drug-likeness (QED) is 0.874. The van der Waals surface area contributed by atoms with Crippen LogP contribution in [0.15, 0.2) is 42.5 Å². The van der Waals surface area contributed by atoms with Gasteiger partial charge in [-0.25, -0.2) is 0 Å². The van der Waals surface area contributed by atoms with Crippen molar-refractivity contribution in [1.29, 1.82) is 0 Å². The van der Waals surface area contributed by atoms with Crippen LogP contribution in [-0.2, 0) is 12.7 Å². The fourth-order valence-corrected chi connectivity index (χ4v) is 1.79.